The van der Waals surface area contributed by atoms with Crippen molar-refractivity contribution < 1.29 is 18.4 Å². The zero-order valence-electron chi connectivity index (χ0n) is 6.65. The third-order valence-electron chi connectivity index (χ3n) is 1.24. The molecule has 0 amide bonds. The summed E-state index contributed by atoms with van der Waals surface area (Å²) < 4.78 is 15.7. The zero-order chi connectivity index (χ0) is 8.32. The van der Waals surface area contributed by atoms with Gasteiger partial charge in [0.2, 0.25) is 0 Å². The first-order chi connectivity index (χ1) is 5.22. The number of carbonyl (C=O) groups excluding carboxylic acids is 1. The molecule has 11 heavy (non-hydrogen) atoms. The molecule has 0 aromatic carbocycles. The molecule has 0 radical (unpaired) electrons. The van der Waals surface area contributed by atoms with Crippen molar-refractivity contribution in [1.29, 1.82) is 0 Å². The molecule has 0 spiro atoms. The summed E-state index contributed by atoms with van der Waals surface area (Å²) in [5, 5.41) is 0. The summed E-state index contributed by atoms with van der Waals surface area (Å²) in [5.41, 5.74) is 0. The van der Waals surface area contributed by atoms with E-state index in [0.29, 0.717) is 6.61 Å². The van der Waals surface area contributed by atoms with E-state index in [9.17, 15) is 4.79 Å². The molecule has 1 saturated heterocycles. The minimum absolute atomic E-state index is 0.213. The number of rotatable bonds is 4. The fourth-order valence-electron chi connectivity index (χ4n) is 0.948. The Kier molecular flexibility index (Phi) is 2.96. The van der Waals surface area contributed by atoms with Crippen LogP contribution in [-0.4, -0.2) is 25.3 Å². The van der Waals surface area contributed by atoms with Gasteiger partial charge in [0.05, 0.1) is 6.61 Å². The van der Waals surface area contributed by atoms with E-state index in [-0.39, 0.29) is 12.5 Å². The number of aldehydes is 1. The van der Waals surface area contributed by atoms with Crippen LogP contribution in [0.15, 0.2) is 0 Å². The van der Waals surface area contributed by atoms with Crippen LogP contribution in [0.25, 0.3) is 0 Å². The topological polar surface area (TPSA) is 44.8 Å². The molecule has 0 aromatic rings. The lowest BCUT2D eigenvalue weighted by Gasteiger charge is -2.31. The molecule has 64 valence electrons. The molecule has 1 aliphatic rings. The SMILES string of the molecule is CCO[P+]1(CC=O)OC(C)O1. The smallest absolute Gasteiger partial charge is 0.299 e. The Hall–Kier alpha value is -0.0200. The average Bonchev–Trinajstić information content (AvgIpc) is 1.86. The van der Waals surface area contributed by atoms with Crippen molar-refractivity contribution in [3.8, 4) is 0 Å². The lowest BCUT2D eigenvalue weighted by Crippen LogP contribution is -2.30. The van der Waals surface area contributed by atoms with Crippen molar-refractivity contribution in [3.05, 3.63) is 0 Å². The van der Waals surface area contributed by atoms with E-state index < -0.39 is 7.94 Å². The van der Waals surface area contributed by atoms with E-state index in [0.717, 1.165) is 6.29 Å². The van der Waals surface area contributed by atoms with Crippen LogP contribution in [0.2, 0.25) is 0 Å². The van der Waals surface area contributed by atoms with Crippen molar-refractivity contribution in [2.45, 2.75) is 20.1 Å². The average molecular weight is 179 g/mol. The molecule has 1 aliphatic heterocycles. The summed E-state index contributed by atoms with van der Waals surface area (Å²) >= 11 is 0. The molecule has 0 unspecified atom stereocenters. The molecular formula is C6H12O4P+. The molecular weight excluding hydrogens is 167 g/mol. The second-order valence-electron chi connectivity index (χ2n) is 2.16. The molecule has 1 heterocycles. The van der Waals surface area contributed by atoms with Crippen LogP contribution < -0.4 is 0 Å². The summed E-state index contributed by atoms with van der Waals surface area (Å²) in [5.74, 6) is 0. The van der Waals surface area contributed by atoms with Crippen molar-refractivity contribution in [3.63, 3.8) is 0 Å². The number of carbonyl (C=O) groups is 1. The normalized spacial score (nSPS) is 36.4. The molecule has 0 N–H and O–H groups in total. The maximum absolute atomic E-state index is 10.2. The quantitative estimate of drug-likeness (QED) is 0.483. The van der Waals surface area contributed by atoms with Gasteiger partial charge in [-0.2, -0.15) is 4.52 Å². The van der Waals surface area contributed by atoms with E-state index in [2.05, 4.69) is 0 Å². The molecule has 1 fully saturated rings. The summed E-state index contributed by atoms with van der Waals surface area (Å²) in [6.07, 6.45) is 0.801. The molecule has 0 aromatic heterocycles. The van der Waals surface area contributed by atoms with E-state index in [1.807, 2.05) is 6.92 Å². The van der Waals surface area contributed by atoms with Gasteiger partial charge in [0, 0.05) is 0 Å². The molecule has 1 rings (SSSR count). The van der Waals surface area contributed by atoms with E-state index in [4.69, 9.17) is 13.6 Å². The van der Waals surface area contributed by atoms with Gasteiger partial charge >= 0.3 is 7.94 Å². The van der Waals surface area contributed by atoms with Gasteiger partial charge in [-0.25, -0.2) is 0 Å². The highest BCUT2D eigenvalue weighted by molar-refractivity contribution is 7.63. The van der Waals surface area contributed by atoms with Crippen LogP contribution in [0, 0.1) is 0 Å². The molecule has 4 nitrogen and oxygen atoms in total. The predicted octanol–water partition coefficient (Wildman–Crippen LogP) is 1.38. The van der Waals surface area contributed by atoms with Crippen LogP contribution in [0.4, 0.5) is 0 Å². The predicted molar refractivity (Wildman–Crippen MR) is 41.1 cm³/mol. The van der Waals surface area contributed by atoms with Gasteiger partial charge in [0.25, 0.3) is 6.29 Å². The van der Waals surface area contributed by atoms with Gasteiger partial charge in [-0.15, -0.1) is 9.05 Å². The summed E-state index contributed by atoms with van der Waals surface area (Å²) in [7, 11) is -2.19. The maximum Gasteiger partial charge on any atom is 0.424 e. The van der Waals surface area contributed by atoms with Crippen molar-refractivity contribution in [1.82, 2.24) is 0 Å². The fraction of sp³-hybridized carbons (Fsp3) is 0.833. The summed E-state index contributed by atoms with van der Waals surface area (Å²) in [4.78, 5) is 10.2. The highest BCUT2D eigenvalue weighted by Crippen LogP contribution is 2.70. The highest BCUT2D eigenvalue weighted by atomic mass is 31.2. The Bertz CT molecular complexity index is 138. The Morgan fingerprint density at radius 2 is 2.27 bits per heavy atom. The van der Waals surface area contributed by atoms with Gasteiger partial charge in [-0.1, -0.05) is 0 Å². The van der Waals surface area contributed by atoms with Crippen LogP contribution in [0.3, 0.4) is 0 Å². The minimum atomic E-state index is -2.19. The number of hydrogen-bond acceptors (Lipinski definition) is 4. The maximum atomic E-state index is 10.2. The van der Waals surface area contributed by atoms with Gasteiger partial charge in [0.1, 0.15) is 0 Å². The van der Waals surface area contributed by atoms with Gasteiger partial charge < -0.3 is 0 Å². The second kappa shape index (κ2) is 3.59. The first-order valence-electron chi connectivity index (χ1n) is 3.55. The monoisotopic (exact) mass is 179 g/mol. The Balaban J connectivity index is 2.39. The van der Waals surface area contributed by atoms with Crippen LogP contribution in [-0.2, 0) is 18.4 Å². The second-order valence-corrected chi connectivity index (χ2v) is 4.42. The van der Waals surface area contributed by atoms with Crippen LogP contribution >= 0.6 is 7.94 Å². The first kappa shape index (κ1) is 9.07. The summed E-state index contributed by atoms with van der Waals surface area (Å²) in [6, 6.07) is 0. The van der Waals surface area contributed by atoms with Gasteiger partial charge in [-0.3, -0.25) is 4.79 Å². The molecule has 5 heteroatoms. The first-order valence-corrected chi connectivity index (χ1v) is 5.28. The highest BCUT2D eigenvalue weighted by Gasteiger charge is 2.58. The lowest BCUT2D eigenvalue weighted by molar-refractivity contribution is -0.113. The summed E-state index contributed by atoms with van der Waals surface area (Å²) in [6.45, 7) is 4.15. The third kappa shape index (κ3) is 1.97. The van der Waals surface area contributed by atoms with Crippen LogP contribution in [0.5, 0.6) is 0 Å². The Morgan fingerprint density at radius 3 is 2.64 bits per heavy atom. The van der Waals surface area contributed by atoms with Gasteiger partial charge in [-0.05, 0) is 13.8 Å². The van der Waals surface area contributed by atoms with Crippen LogP contribution in [0.1, 0.15) is 13.8 Å². The molecule has 0 saturated carbocycles. The zero-order valence-corrected chi connectivity index (χ0v) is 7.54. The minimum Gasteiger partial charge on any atom is -0.299 e. The fourth-order valence-corrected chi connectivity index (χ4v) is 2.84. The molecule has 0 bridgehead atoms. The van der Waals surface area contributed by atoms with E-state index in [1.54, 1.807) is 6.92 Å². The van der Waals surface area contributed by atoms with Crippen molar-refractivity contribution in [2.24, 2.45) is 0 Å². The lowest BCUT2D eigenvalue weighted by atomic mass is 10.8. The largest absolute Gasteiger partial charge is 0.424 e. The third-order valence-corrected chi connectivity index (χ3v) is 3.73. The standard InChI is InChI=1S/C6H12O4P/c1-3-8-11(5-4-7)9-6(2)10-11/h4,6H,3,5H2,1-2H3/q+1. The van der Waals surface area contributed by atoms with Gasteiger partial charge in [0.15, 0.2) is 12.4 Å². The Morgan fingerprint density at radius 1 is 1.64 bits per heavy atom. The van der Waals surface area contributed by atoms with Crippen molar-refractivity contribution >= 4 is 14.2 Å². The van der Waals surface area contributed by atoms with E-state index in [1.165, 1.54) is 0 Å². The molecule has 0 aliphatic carbocycles. The van der Waals surface area contributed by atoms with Crippen molar-refractivity contribution in [2.75, 3.05) is 12.8 Å². The van der Waals surface area contributed by atoms with E-state index >= 15 is 0 Å². The molecule has 0 atom stereocenters. The number of hydrogen-bond donors (Lipinski definition) is 0. The Labute approximate surface area is 66.4 Å².